The lowest BCUT2D eigenvalue weighted by molar-refractivity contribution is -0.132. The van der Waals surface area contributed by atoms with Gasteiger partial charge in [0.1, 0.15) is 10.8 Å². The van der Waals surface area contributed by atoms with Gasteiger partial charge < -0.3 is 14.7 Å². The normalized spacial score (nSPS) is 10.6. The van der Waals surface area contributed by atoms with Crippen molar-refractivity contribution in [1.82, 2.24) is 15.0 Å². The molecule has 0 saturated heterocycles. The van der Waals surface area contributed by atoms with Crippen molar-refractivity contribution in [2.45, 2.75) is 13.3 Å². The first kappa shape index (κ1) is 17.3. The van der Waals surface area contributed by atoms with Gasteiger partial charge in [0, 0.05) is 18.5 Å². The number of nitrogens with one attached hydrogen (secondary N) is 1. The van der Waals surface area contributed by atoms with Gasteiger partial charge in [0.25, 0.3) is 0 Å². The Kier molecular flexibility index (Phi) is 5.25. The van der Waals surface area contributed by atoms with E-state index in [1.165, 1.54) is 16.2 Å². The van der Waals surface area contributed by atoms with Crippen LogP contribution < -0.4 is 5.32 Å². The molecule has 9 heteroatoms. The molecule has 2 amide bonds. The summed E-state index contributed by atoms with van der Waals surface area (Å²) in [5, 5.41) is 11.0. The molecule has 0 aromatic carbocycles. The quantitative estimate of drug-likeness (QED) is 0.715. The number of carbonyl (C=O) groups excluding carboxylic acids is 2. The average Bonchev–Trinajstić information content (AvgIpc) is 3.28. The van der Waals surface area contributed by atoms with Crippen LogP contribution in [-0.4, -0.2) is 40.4 Å². The lowest BCUT2D eigenvalue weighted by atomic mass is 10.3. The number of rotatable bonds is 6. The standard InChI is InChI=1S/C16H16N4O3S2/c1-10-6-13(19-23-10)18-14(21)8-20(2)15(22)7-11-9-25-16(17-11)12-4-3-5-24-12/h3-6,9H,7-8H2,1-2H3,(H,18,19,21). The smallest absolute Gasteiger partial charge is 0.245 e. The van der Waals surface area contributed by atoms with E-state index in [4.69, 9.17) is 4.52 Å². The maximum absolute atomic E-state index is 12.3. The fourth-order valence-electron chi connectivity index (χ4n) is 2.10. The van der Waals surface area contributed by atoms with Gasteiger partial charge in [0.05, 0.1) is 23.5 Å². The number of aromatic nitrogens is 2. The van der Waals surface area contributed by atoms with Crippen molar-refractivity contribution in [2.24, 2.45) is 0 Å². The van der Waals surface area contributed by atoms with Crippen molar-refractivity contribution in [2.75, 3.05) is 18.9 Å². The van der Waals surface area contributed by atoms with Crippen LogP contribution in [0.3, 0.4) is 0 Å². The van der Waals surface area contributed by atoms with Crippen LogP contribution in [0.1, 0.15) is 11.5 Å². The van der Waals surface area contributed by atoms with Crippen LogP contribution in [0.5, 0.6) is 0 Å². The van der Waals surface area contributed by atoms with Gasteiger partial charge in [-0.1, -0.05) is 11.2 Å². The summed E-state index contributed by atoms with van der Waals surface area (Å²) in [6, 6.07) is 5.58. The van der Waals surface area contributed by atoms with E-state index < -0.39 is 0 Å². The third-order valence-electron chi connectivity index (χ3n) is 3.32. The summed E-state index contributed by atoms with van der Waals surface area (Å²) in [5.74, 6) is 0.435. The van der Waals surface area contributed by atoms with Gasteiger partial charge in [-0.25, -0.2) is 4.98 Å². The van der Waals surface area contributed by atoms with Gasteiger partial charge in [-0.15, -0.1) is 22.7 Å². The number of thiophene rings is 1. The molecule has 0 spiro atoms. The predicted octanol–water partition coefficient (Wildman–Crippen LogP) is 2.81. The Labute approximate surface area is 152 Å². The Balaban J connectivity index is 1.53. The monoisotopic (exact) mass is 376 g/mol. The molecule has 3 aromatic rings. The number of hydrogen-bond donors (Lipinski definition) is 1. The minimum atomic E-state index is -0.332. The highest BCUT2D eigenvalue weighted by Crippen LogP contribution is 2.27. The van der Waals surface area contributed by atoms with E-state index in [9.17, 15) is 9.59 Å². The molecule has 1 N–H and O–H groups in total. The van der Waals surface area contributed by atoms with E-state index in [0.717, 1.165) is 9.88 Å². The van der Waals surface area contributed by atoms with Crippen molar-refractivity contribution < 1.29 is 14.1 Å². The van der Waals surface area contributed by atoms with Crippen LogP contribution in [0.2, 0.25) is 0 Å². The van der Waals surface area contributed by atoms with Crippen molar-refractivity contribution in [3.05, 3.63) is 40.4 Å². The lowest BCUT2D eigenvalue weighted by Gasteiger charge is -2.15. The second kappa shape index (κ2) is 7.58. The maximum atomic E-state index is 12.3. The molecular weight excluding hydrogens is 360 g/mol. The van der Waals surface area contributed by atoms with Crippen LogP contribution in [0.4, 0.5) is 5.82 Å². The molecule has 25 heavy (non-hydrogen) atoms. The molecule has 0 radical (unpaired) electrons. The molecule has 130 valence electrons. The number of hydrogen-bond acceptors (Lipinski definition) is 7. The number of carbonyl (C=O) groups is 2. The zero-order valence-electron chi connectivity index (χ0n) is 13.7. The van der Waals surface area contributed by atoms with Crippen molar-refractivity contribution in [1.29, 1.82) is 0 Å². The molecule has 0 bridgehead atoms. The summed E-state index contributed by atoms with van der Waals surface area (Å²) in [6.45, 7) is 1.67. The third-order valence-corrected chi connectivity index (χ3v) is 5.25. The van der Waals surface area contributed by atoms with E-state index in [2.05, 4.69) is 15.5 Å². The molecule has 3 heterocycles. The Morgan fingerprint density at radius 2 is 2.20 bits per heavy atom. The number of nitrogens with zero attached hydrogens (tertiary/aromatic N) is 3. The molecular formula is C16H16N4O3S2. The molecule has 7 nitrogen and oxygen atoms in total. The molecule has 0 aliphatic heterocycles. The third kappa shape index (κ3) is 4.52. The fourth-order valence-corrected chi connectivity index (χ4v) is 3.74. The number of amides is 2. The Hall–Kier alpha value is -2.52. The van der Waals surface area contributed by atoms with Crippen LogP contribution in [0.15, 0.2) is 33.5 Å². The Morgan fingerprint density at radius 3 is 2.88 bits per heavy atom. The van der Waals surface area contributed by atoms with Gasteiger partial charge in [0.15, 0.2) is 5.82 Å². The first-order valence-electron chi connectivity index (χ1n) is 7.46. The molecule has 0 aliphatic rings. The molecule has 0 saturated carbocycles. The summed E-state index contributed by atoms with van der Waals surface area (Å²) in [4.78, 5) is 31.2. The number of aryl methyl sites for hydroxylation is 1. The zero-order valence-corrected chi connectivity index (χ0v) is 15.3. The van der Waals surface area contributed by atoms with Crippen molar-refractivity contribution >= 4 is 40.3 Å². The maximum Gasteiger partial charge on any atom is 0.245 e. The fraction of sp³-hybridized carbons (Fsp3) is 0.250. The average molecular weight is 376 g/mol. The van der Waals surface area contributed by atoms with Gasteiger partial charge >= 0.3 is 0 Å². The molecule has 0 aliphatic carbocycles. The number of likely N-dealkylation sites (N-methyl/N-ethyl adjacent to an activating group) is 1. The van der Waals surface area contributed by atoms with E-state index in [-0.39, 0.29) is 24.8 Å². The Bertz CT molecular complexity index is 870. The SMILES string of the molecule is Cc1cc(NC(=O)CN(C)C(=O)Cc2csc(-c3cccs3)n2)no1. The molecule has 0 atom stereocenters. The van der Waals surface area contributed by atoms with E-state index in [0.29, 0.717) is 17.3 Å². The first-order valence-corrected chi connectivity index (χ1v) is 9.22. The van der Waals surface area contributed by atoms with Gasteiger partial charge in [0.2, 0.25) is 11.8 Å². The van der Waals surface area contributed by atoms with Gasteiger partial charge in [-0.3, -0.25) is 9.59 Å². The highest BCUT2D eigenvalue weighted by Gasteiger charge is 2.16. The van der Waals surface area contributed by atoms with Crippen LogP contribution in [0, 0.1) is 6.92 Å². The van der Waals surface area contributed by atoms with E-state index in [1.54, 1.807) is 31.4 Å². The summed E-state index contributed by atoms with van der Waals surface area (Å²) in [6.07, 6.45) is 0.161. The topological polar surface area (TPSA) is 88.3 Å². The molecule has 0 fully saturated rings. The first-order chi connectivity index (χ1) is 12.0. The number of thiazole rings is 1. The van der Waals surface area contributed by atoms with Crippen LogP contribution in [-0.2, 0) is 16.0 Å². The predicted molar refractivity (Wildman–Crippen MR) is 96.6 cm³/mol. The summed E-state index contributed by atoms with van der Waals surface area (Å²) >= 11 is 3.12. The highest BCUT2D eigenvalue weighted by molar-refractivity contribution is 7.20. The Morgan fingerprint density at radius 1 is 1.36 bits per heavy atom. The largest absolute Gasteiger partial charge is 0.360 e. The summed E-state index contributed by atoms with van der Waals surface area (Å²) < 4.78 is 4.88. The molecule has 0 unspecified atom stereocenters. The van der Waals surface area contributed by atoms with Crippen molar-refractivity contribution in [3.8, 4) is 9.88 Å². The summed E-state index contributed by atoms with van der Waals surface area (Å²) in [7, 11) is 1.59. The lowest BCUT2D eigenvalue weighted by Crippen LogP contribution is -2.35. The number of anilines is 1. The minimum absolute atomic E-state index is 0.0628. The van der Waals surface area contributed by atoms with E-state index in [1.807, 2.05) is 22.9 Å². The van der Waals surface area contributed by atoms with Crippen molar-refractivity contribution in [3.63, 3.8) is 0 Å². The van der Waals surface area contributed by atoms with Gasteiger partial charge in [-0.2, -0.15) is 0 Å². The summed E-state index contributed by atoms with van der Waals surface area (Å²) in [5.41, 5.74) is 0.706. The van der Waals surface area contributed by atoms with Crippen LogP contribution >= 0.6 is 22.7 Å². The van der Waals surface area contributed by atoms with Gasteiger partial charge in [-0.05, 0) is 18.4 Å². The minimum Gasteiger partial charge on any atom is -0.360 e. The second-order valence-electron chi connectivity index (χ2n) is 5.42. The molecule has 3 aromatic heterocycles. The van der Waals surface area contributed by atoms with Crippen LogP contribution in [0.25, 0.3) is 9.88 Å². The molecule has 3 rings (SSSR count). The second-order valence-corrected chi connectivity index (χ2v) is 7.22. The van der Waals surface area contributed by atoms with E-state index >= 15 is 0 Å². The highest BCUT2D eigenvalue weighted by atomic mass is 32.1. The zero-order chi connectivity index (χ0) is 17.8.